The third-order valence-electron chi connectivity index (χ3n) is 3.62. The molecule has 3 atom stereocenters. The molecule has 0 aromatic heterocycles. The summed E-state index contributed by atoms with van der Waals surface area (Å²) in [5.74, 6) is 2.47. The maximum Gasteiger partial charge on any atom is 0.136 e. The lowest BCUT2D eigenvalue weighted by Crippen LogP contribution is -2.39. The summed E-state index contributed by atoms with van der Waals surface area (Å²) in [7, 11) is 0. The molecule has 0 amide bonds. The van der Waals surface area contributed by atoms with Gasteiger partial charge in [0.05, 0.1) is 0 Å². The summed E-state index contributed by atoms with van der Waals surface area (Å²) in [6.45, 7) is 6.76. The molecule has 0 spiro atoms. The van der Waals surface area contributed by atoms with Crippen molar-refractivity contribution in [3.8, 4) is 0 Å². The minimum atomic E-state index is 0.305. The van der Waals surface area contributed by atoms with Crippen molar-refractivity contribution in [2.45, 2.75) is 33.6 Å². The van der Waals surface area contributed by atoms with Crippen molar-refractivity contribution in [1.29, 1.82) is 0 Å². The van der Waals surface area contributed by atoms with Crippen LogP contribution in [0.2, 0.25) is 0 Å². The summed E-state index contributed by atoms with van der Waals surface area (Å²) in [6, 6.07) is 0. The summed E-state index contributed by atoms with van der Waals surface area (Å²) in [6.07, 6.45) is 1.99. The second kappa shape index (κ2) is 1.88. The molecule has 0 aromatic rings. The molecule has 0 heterocycles. The van der Waals surface area contributed by atoms with Gasteiger partial charge in [-0.05, 0) is 23.7 Å². The van der Waals surface area contributed by atoms with Gasteiger partial charge in [-0.15, -0.1) is 0 Å². The SMILES string of the molecule is CC1CC2C(=O)CC(C)(C)C12. The van der Waals surface area contributed by atoms with Gasteiger partial charge in [-0.2, -0.15) is 0 Å². The van der Waals surface area contributed by atoms with Crippen LogP contribution in [0.15, 0.2) is 0 Å². The van der Waals surface area contributed by atoms with E-state index >= 15 is 0 Å². The second-order valence-corrected chi connectivity index (χ2v) is 4.98. The Morgan fingerprint density at radius 2 is 2.09 bits per heavy atom. The van der Waals surface area contributed by atoms with Crippen molar-refractivity contribution < 1.29 is 4.79 Å². The monoisotopic (exact) mass is 152 g/mol. The Labute approximate surface area is 68.2 Å². The zero-order valence-corrected chi connectivity index (χ0v) is 7.55. The van der Waals surface area contributed by atoms with E-state index in [1.54, 1.807) is 0 Å². The molecule has 2 aliphatic carbocycles. The maximum atomic E-state index is 11.4. The predicted octanol–water partition coefficient (Wildman–Crippen LogP) is 2.26. The highest BCUT2D eigenvalue weighted by molar-refractivity contribution is 5.85. The normalized spacial score (nSPS) is 46.8. The molecule has 0 aliphatic heterocycles. The van der Waals surface area contributed by atoms with Gasteiger partial charge in [-0.25, -0.2) is 0 Å². The van der Waals surface area contributed by atoms with E-state index < -0.39 is 0 Å². The fourth-order valence-corrected chi connectivity index (χ4v) is 3.24. The van der Waals surface area contributed by atoms with E-state index in [1.807, 2.05) is 0 Å². The van der Waals surface area contributed by atoms with E-state index in [0.29, 0.717) is 23.0 Å². The van der Waals surface area contributed by atoms with E-state index in [-0.39, 0.29) is 0 Å². The van der Waals surface area contributed by atoms with Crippen molar-refractivity contribution in [3.05, 3.63) is 0 Å². The molecule has 2 fully saturated rings. The molecule has 62 valence electrons. The largest absolute Gasteiger partial charge is 0.299 e. The Hall–Kier alpha value is -0.330. The Balaban J connectivity index is 2.25. The van der Waals surface area contributed by atoms with Crippen molar-refractivity contribution in [2.75, 3.05) is 0 Å². The summed E-state index contributed by atoms with van der Waals surface area (Å²) >= 11 is 0. The Morgan fingerprint density at radius 3 is 2.45 bits per heavy atom. The quantitative estimate of drug-likeness (QED) is 0.520. The molecule has 1 nitrogen and oxygen atoms in total. The van der Waals surface area contributed by atoms with Crippen LogP contribution in [-0.2, 0) is 4.79 Å². The van der Waals surface area contributed by atoms with Crippen molar-refractivity contribution >= 4 is 5.78 Å². The molecule has 0 aromatic carbocycles. The minimum absolute atomic E-state index is 0.305. The molecule has 2 aliphatic rings. The number of rotatable bonds is 0. The van der Waals surface area contributed by atoms with E-state index in [4.69, 9.17) is 0 Å². The number of carbonyl (C=O) groups is 1. The average molecular weight is 152 g/mol. The standard InChI is InChI=1S/C10H16O/c1-6-4-7-8(11)5-10(2,3)9(6)7/h6-7,9H,4-5H2,1-3H3. The van der Waals surface area contributed by atoms with Crippen molar-refractivity contribution in [3.63, 3.8) is 0 Å². The highest BCUT2D eigenvalue weighted by Gasteiger charge is 2.56. The fraction of sp³-hybridized carbons (Fsp3) is 0.900. The molecule has 0 saturated heterocycles. The molecular formula is C10H16O. The van der Waals surface area contributed by atoms with Crippen molar-refractivity contribution in [1.82, 2.24) is 0 Å². The van der Waals surface area contributed by atoms with Gasteiger partial charge in [-0.1, -0.05) is 20.8 Å². The number of Topliss-reactive ketones (excluding diaryl/α,β-unsaturated/α-hetero) is 1. The van der Waals surface area contributed by atoms with E-state index in [1.165, 1.54) is 0 Å². The van der Waals surface area contributed by atoms with Crippen LogP contribution in [-0.4, -0.2) is 5.78 Å². The Morgan fingerprint density at radius 1 is 1.45 bits per heavy atom. The van der Waals surface area contributed by atoms with Gasteiger partial charge in [0.2, 0.25) is 0 Å². The van der Waals surface area contributed by atoms with Crippen LogP contribution < -0.4 is 0 Å². The zero-order valence-electron chi connectivity index (χ0n) is 7.55. The molecular weight excluding hydrogens is 136 g/mol. The van der Waals surface area contributed by atoms with Gasteiger partial charge < -0.3 is 0 Å². The van der Waals surface area contributed by atoms with E-state index in [9.17, 15) is 4.79 Å². The van der Waals surface area contributed by atoms with Crippen LogP contribution >= 0.6 is 0 Å². The van der Waals surface area contributed by atoms with Crippen molar-refractivity contribution in [2.24, 2.45) is 23.2 Å². The topological polar surface area (TPSA) is 17.1 Å². The number of ketones is 1. The molecule has 11 heavy (non-hydrogen) atoms. The van der Waals surface area contributed by atoms with Gasteiger partial charge in [0.15, 0.2) is 0 Å². The third kappa shape index (κ3) is 0.800. The first-order valence-corrected chi connectivity index (χ1v) is 4.55. The van der Waals surface area contributed by atoms with Gasteiger partial charge >= 0.3 is 0 Å². The van der Waals surface area contributed by atoms with Crippen LogP contribution in [0.25, 0.3) is 0 Å². The number of fused-ring (bicyclic) bond motifs is 1. The van der Waals surface area contributed by atoms with Gasteiger partial charge in [0, 0.05) is 12.3 Å². The van der Waals surface area contributed by atoms with Crippen LogP contribution in [0, 0.1) is 23.2 Å². The van der Waals surface area contributed by atoms with Crippen LogP contribution in [0.3, 0.4) is 0 Å². The molecule has 3 unspecified atom stereocenters. The summed E-state index contributed by atoms with van der Waals surface area (Å²) in [5, 5.41) is 0. The zero-order chi connectivity index (χ0) is 8.22. The van der Waals surface area contributed by atoms with Gasteiger partial charge in [0.25, 0.3) is 0 Å². The van der Waals surface area contributed by atoms with Gasteiger partial charge in [-0.3, -0.25) is 4.79 Å². The first-order valence-electron chi connectivity index (χ1n) is 4.55. The van der Waals surface area contributed by atoms with Crippen LogP contribution in [0.1, 0.15) is 33.6 Å². The van der Waals surface area contributed by atoms with Crippen LogP contribution in [0.5, 0.6) is 0 Å². The lowest BCUT2D eigenvalue weighted by Gasteiger charge is -2.43. The maximum absolute atomic E-state index is 11.4. The molecule has 2 saturated carbocycles. The minimum Gasteiger partial charge on any atom is -0.299 e. The van der Waals surface area contributed by atoms with E-state index in [0.717, 1.165) is 18.8 Å². The highest BCUT2D eigenvalue weighted by atomic mass is 16.1. The Kier molecular flexibility index (Phi) is 1.25. The first kappa shape index (κ1) is 7.33. The van der Waals surface area contributed by atoms with Crippen LogP contribution in [0.4, 0.5) is 0 Å². The number of hydrogen-bond donors (Lipinski definition) is 0. The fourth-order valence-electron chi connectivity index (χ4n) is 3.24. The molecule has 0 radical (unpaired) electrons. The second-order valence-electron chi connectivity index (χ2n) is 4.98. The number of hydrogen-bond acceptors (Lipinski definition) is 1. The first-order chi connectivity index (χ1) is 5.02. The molecule has 2 rings (SSSR count). The number of carbonyl (C=O) groups excluding carboxylic acids is 1. The lowest BCUT2D eigenvalue weighted by molar-refractivity contribution is -0.124. The summed E-state index contributed by atoms with van der Waals surface area (Å²) in [5.41, 5.74) is 0.305. The Bertz CT molecular complexity index is 205. The lowest BCUT2D eigenvalue weighted by atomic mass is 9.60. The predicted molar refractivity (Wildman–Crippen MR) is 44.2 cm³/mol. The summed E-state index contributed by atoms with van der Waals surface area (Å²) < 4.78 is 0. The molecule has 0 N–H and O–H groups in total. The smallest absolute Gasteiger partial charge is 0.136 e. The average Bonchev–Trinajstić information content (AvgIpc) is 1.95. The van der Waals surface area contributed by atoms with Gasteiger partial charge in [0.1, 0.15) is 5.78 Å². The third-order valence-corrected chi connectivity index (χ3v) is 3.62. The summed E-state index contributed by atoms with van der Waals surface area (Å²) in [4.78, 5) is 11.4. The highest BCUT2D eigenvalue weighted by Crippen LogP contribution is 2.58. The molecule has 1 heteroatoms. The van der Waals surface area contributed by atoms with E-state index in [2.05, 4.69) is 20.8 Å². The molecule has 0 bridgehead atoms.